The van der Waals surface area contributed by atoms with Crippen LogP contribution in [0, 0.1) is 12.8 Å². The largest absolute Gasteiger partial charge is 0.491 e. The lowest BCUT2D eigenvalue weighted by Gasteiger charge is -2.19. The zero-order valence-electron chi connectivity index (χ0n) is 12.8. The number of para-hydroxylation sites is 1. The molecule has 0 fully saturated rings. The number of rotatable bonds is 8. The lowest BCUT2D eigenvalue weighted by atomic mass is 10.0. The smallest absolute Gasteiger partial charge is 0.303 e. The lowest BCUT2D eigenvalue weighted by molar-refractivity contribution is -0.138. The summed E-state index contributed by atoms with van der Waals surface area (Å²) in [6.45, 7) is 4.63. The van der Waals surface area contributed by atoms with Gasteiger partial charge in [-0.25, -0.2) is 0 Å². The van der Waals surface area contributed by atoms with E-state index in [0.717, 1.165) is 11.3 Å². The summed E-state index contributed by atoms with van der Waals surface area (Å²) in [5, 5.41) is 8.68. The number of nitrogens with zero attached hydrogens (tertiary/aromatic N) is 1. The monoisotopic (exact) mass is 293 g/mol. The van der Waals surface area contributed by atoms with Crippen LogP contribution in [0.25, 0.3) is 0 Å². The van der Waals surface area contributed by atoms with Crippen molar-refractivity contribution in [1.29, 1.82) is 0 Å². The molecule has 0 spiro atoms. The van der Waals surface area contributed by atoms with E-state index in [0.29, 0.717) is 13.2 Å². The first kappa shape index (κ1) is 17.0. The van der Waals surface area contributed by atoms with E-state index in [4.69, 9.17) is 9.84 Å². The van der Waals surface area contributed by atoms with Crippen molar-refractivity contribution in [3.05, 3.63) is 29.8 Å². The quantitative estimate of drug-likeness (QED) is 0.799. The Morgan fingerprint density at radius 1 is 1.29 bits per heavy atom. The summed E-state index contributed by atoms with van der Waals surface area (Å²) >= 11 is 0. The molecule has 1 aromatic rings. The number of hydrogen-bond acceptors (Lipinski definition) is 3. The molecule has 5 heteroatoms. The SMILES string of the molecule is Cc1ccccc1OCCN(C)C(=O)CC(C)CC(=O)O. The zero-order chi connectivity index (χ0) is 15.8. The first-order valence-electron chi connectivity index (χ1n) is 7.04. The molecule has 0 aromatic heterocycles. The number of carbonyl (C=O) groups excluding carboxylic acids is 1. The molecule has 0 saturated heterocycles. The second-order valence-corrected chi connectivity index (χ2v) is 5.34. The van der Waals surface area contributed by atoms with Crippen molar-refractivity contribution >= 4 is 11.9 Å². The third-order valence-corrected chi connectivity index (χ3v) is 3.25. The van der Waals surface area contributed by atoms with Gasteiger partial charge in [-0.15, -0.1) is 0 Å². The van der Waals surface area contributed by atoms with Crippen LogP contribution < -0.4 is 4.74 Å². The molecular weight excluding hydrogens is 270 g/mol. The topological polar surface area (TPSA) is 66.8 Å². The van der Waals surface area contributed by atoms with Gasteiger partial charge in [-0.2, -0.15) is 0 Å². The van der Waals surface area contributed by atoms with Crippen molar-refractivity contribution in [2.75, 3.05) is 20.2 Å². The maximum Gasteiger partial charge on any atom is 0.303 e. The molecular formula is C16H23NO4. The number of ether oxygens (including phenoxy) is 1. The summed E-state index contributed by atoms with van der Waals surface area (Å²) in [5.74, 6) is -0.273. The lowest BCUT2D eigenvalue weighted by Crippen LogP contribution is -2.32. The Hall–Kier alpha value is -2.04. The molecule has 1 amide bonds. The summed E-state index contributed by atoms with van der Waals surface area (Å²) in [6.07, 6.45) is 0.256. The van der Waals surface area contributed by atoms with Gasteiger partial charge in [-0.3, -0.25) is 9.59 Å². The van der Waals surface area contributed by atoms with Crippen molar-refractivity contribution in [3.8, 4) is 5.75 Å². The third kappa shape index (κ3) is 6.29. The molecule has 0 aliphatic heterocycles. The Kier molecular flexibility index (Phi) is 6.72. The zero-order valence-corrected chi connectivity index (χ0v) is 12.8. The van der Waals surface area contributed by atoms with E-state index >= 15 is 0 Å². The Morgan fingerprint density at radius 3 is 2.57 bits per heavy atom. The van der Waals surface area contributed by atoms with Crippen LogP contribution in [-0.2, 0) is 9.59 Å². The van der Waals surface area contributed by atoms with Crippen LogP contribution in [0.2, 0.25) is 0 Å². The molecule has 0 bridgehead atoms. The average Bonchev–Trinajstić information content (AvgIpc) is 2.39. The average molecular weight is 293 g/mol. The number of carbonyl (C=O) groups is 2. The van der Waals surface area contributed by atoms with Gasteiger partial charge in [0.1, 0.15) is 12.4 Å². The summed E-state index contributed by atoms with van der Waals surface area (Å²) in [4.78, 5) is 24.1. The standard InChI is InChI=1S/C16H23NO4/c1-12(11-16(19)20)10-15(18)17(3)8-9-21-14-7-5-4-6-13(14)2/h4-7,12H,8-11H2,1-3H3,(H,19,20). The van der Waals surface area contributed by atoms with Gasteiger partial charge in [0.15, 0.2) is 0 Å². The Morgan fingerprint density at radius 2 is 1.95 bits per heavy atom. The Balaban J connectivity index is 2.33. The minimum Gasteiger partial charge on any atom is -0.491 e. The van der Waals surface area contributed by atoms with E-state index in [9.17, 15) is 9.59 Å². The molecule has 1 unspecified atom stereocenters. The fourth-order valence-electron chi connectivity index (χ4n) is 1.96. The molecule has 5 nitrogen and oxygen atoms in total. The van der Waals surface area contributed by atoms with E-state index in [-0.39, 0.29) is 24.7 Å². The number of aliphatic carboxylic acids is 1. The molecule has 1 N–H and O–H groups in total. The normalized spacial score (nSPS) is 11.8. The van der Waals surface area contributed by atoms with Crippen molar-refractivity contribution < 1.29 is 19.4 Å². The Labute approximate surface area is 125 Å². The van der Waals surface area contributed by atoms with Crippen molar-refractivity contribution in [2.24, 2.45) is 5.92 Å². The first-order chi connectivity index (χ1) is 9.90. The van der Waals surface area contributed by atoms with Crippen LogP contribution >= 0.6 is 0 Å². The van der Waals surface area contributed by atoms with Crippen molar-refractivity contribution in [2.45, 2.75) is 26.7 Å². The summed E-state index contributed by atoms with van der Waals surface area (Å²) in [6, 6.07) is 7.72. The fourth-order valence-corrected chi connectivity index (χ4v) is 1.96. The molecule has 1 atom stereocenters. The molecule has 0 heterocycles. The first-order valence-corrected chi connectivity index (χ1v) is 7.04. The highest BCUT2D eigenvalue weighted by molar-refractivity contribution is 5.77. The number of amides is 1. The summed E-state index contributed by atoms with van der Waals surface area (Å²) < 4.78 is 5.64. The molecule has 0 aliphatic rings. The van der Waals surface area contributed by atoms with Crippen LogP contribution in [0.15, 0.2) is 24.3 Å². The van der Waals surface area contributed by atoms with Crippen molar-refractivity contribution in [3.63, 3.8) is 0 Å². The van der Waals surface area contributed by atoms with E-state index in [1.807, 2.05) is 31.2 Å². The number of benzene rings is 1. The van der Waals surface area contributed by atoms with Crippen LogP contribution in [0.5, 0.6) is 5.75 Å². The molecule has 1 rings (SSSR count). The summed E-state index contributed by atoms with van der Waals surface area (Å²) in [7, 11) is 1.71. The van der Waals surface area contributed by atoms with Gasteiger partial charge in [0.2, 0.25) is 5.91 Å². The number of aryl methyl sites for hydroxylation is 1. The van der Waals surface area contributed by atoms with Gasteiger partial charge in [0.25, 0.3) is 0 Å². The molecule has 21 heavy (non-hydrogen) atoms. The van der Waals surface area contributed by atoms with Gasteiger partial charge >= 0.3 is 5.97 Å². The highest BCUT2D eigenvalue weighted by atomic mass is 16.5. The number of hydrogen-bond donors (Lipinski definition) is 1. The van der Waals surface area contributed by atoms with Gasteiger partial charge in [0.05, 0.1) is 6.54 Å². The van der Waals surface area contributed by atoms with Gasteiger partial charge < -0.3 is 14.7 Å². The fraction of sp³-hybridized carbons (Fsp3) is 0.500. The Bertz CT molecular complexity index is 487. The van der Waals surface area contributed by atoms with Crippen molar-refractivity contribution in [1.82, 2.24) is 4.90 Å². The summed E-state index contributed by atoms with van der Waals surface area (Å²) in [5.41, 5.74) is 1.06. The predicted octanol–water partition coefficient (Wildman–Crippen LogP) is 2.33. The number of carboxylic acids is 1. The minimum atomic E-state index is -0.874. The van der Waals surface area contributed by atoms with E-state index in [2.05, 4.69) is 0 Å². The van der Waals surface area contributed by atoms with Crippen LogP contribution in [0.1, 0.15) is 25.3 Å². The molecule has 0 radical (unpaired) electrons. The van der Waals surface area contributed by atoms with E-state index in [1.54, 1.807) is 18.9 Å². The molecule has 1 aromatic carbocycles. The second-order valence-electron chi connectivity index (χ2n) is 5.34. The van der Waals surface area contributed by atoms with Gasteiger partial charge in [-0.05, 0) is 24.5 Å². The molecule has 0 saturated carbocycles. The number of likely N-dealkylation sites (N-methyl/N-ethyl adjacent to an activating group) is 1. The highest BCUT2D eigenvalue weighted by Gasteiger charge is 2.15. The number of carboxylic acid groups (broad SMARTS) is 1. The highest BCUT2D eigenvalue weighted by Crippen LogP contribution is 2.16. The van der Waals surface area contributed by atoms with Gasteiger partial charge in [-0.1, -0.05) is 25.1 Å². The van der Waals surface area contributed by atoms with Gasteiger partial charge in [0, 0.05) is 19.9 Å². The van der Waals surface area contributed by atoms with E-state index < -0.39 is 5.97 Å². The third-order valence-electron chi connectivity index (χ3n) is 3.25. The van der Waals surface area contributed by atoms with Crippen LogP contribution in [-0.4, -0.2) is 42.1 Å². The van der Waals surface area contributed by atoms with E-state index in [1.165, 1.54) is 0 Å². The maximum absolute atomic E-state index is 11.9. The minimum absolute atomic E-state index is 0.0132. The maximum atomic E-state index is 11.9. The second kappa shape index (κ2) is 8.29. The molecule has 0 aliphatic carbocycles. The predicted molar refractivity (Wildman–Crippen MR) is 80.3 cm³/mol. The van der Waals surface area contributed by atoms with Crippen LogP contribution in [0.4, 0.5) is 0 Å². The molecule has 116 valence electrons. The van der Waals surface area contributed by atoms with Crippen LogP contribution in [0.3, 0.4) is 0 Å².